The number of aryl methyl sites for hydroxylation is 8. The van der Waals surface area contributed by atoms with E-state index < -0.39 is 17.7 Å². The van der Waals surface area contributed by atoms with E-state index in [9.17, 15) is 19.2 Å². The van der Waals surface area contributed by atoms with Gasteiger partial charge in [-0.1, -0.05) is 6.07 Å². The number of hydrogen-bond acceptors (Lipinski definition) is 11. The Morgan fingerprint density at radius 2 is 0.840 bits per heavy atom. The number of ether oxygens (including phenoxy) is 1. The van der Waals surface area contributed by atoms with Crippen molar-refractivity contribution in [3.05, 3.63) is 216 Å². The summed E-state index contributed by atoms with van der Waals surface area (Å²) in [7, 11) is 6.84. The van der Waals surface area contributed by atoms with Crippen molar-refractivity contribution in [2.75, 3.05) is 22.7 Å². The van der Waals surface area contributed by atoms with Gasteiger partial charge in [0.1, 0.15) is 34.0 Å². The largest absolute Gasteiger partial charge is 0.473 e. The number of carbonyl (C=O) groups is 4. The molecular formula is C61H58N14O5Ru. The Bertz CT molecular complexity index is 3910. The number of nitrogens with zero attached hydrogens (tertiary/aromatic N) is 10. The number of anilines is 3. The quantitative estimate of drug-likeness (QED) is 0.0512. The molecule has 0 aliphatic carbocycles. The summed E-state index contributed by atoms with van der Waals surface area (Å²) < 4.78 is 12.4. The predicted octanol–water partition coefficient (Wildman–Crippen LogP) is 10.2. The smallest absolute Gasteiger partial charge is 0.272 e. The Labute approximate surface area is 480 Å². The minimum Gasteiger partial charge on any atom is -0.473 e. The van der Waals surface area contributed by atoms with E-state index in [0.29, 0.717) is 45.4 Å². The summed E-state index contributed by atoms with van der Waals surface area (Å²) in [6, 6.07) is 33.6. The third kappa shape index (κ3) is 14.0. The molecular weight excluding hydrogens is 1110 g/mol. The first kappa shape index (κ1) is 57.2. The molecule has 0 fully saturated rings. The van der Waals surface area contributed by atoms with E-state index in [2.05, 4.69) is 78.9 Å². The van der Waals surface area contributed by atoms with Crippen LogP contribution in [0.4, 0.5) is 17.1 Å². The SMILES string of the molecule is Cc1ccnc(-c2cc(C)ccn2)c1.Cc1ccnc(-c2cc(C)ccn2)c1.Cn1cc(NC(=O)c2cc(NC(=O)c3cc(NC(=O)c4cccn4C)cn3C)cn2C)cc1C(=O)NCOc1cc2cccnc2c2ncccc12.[Ru]. The molecule has 0 saturated heterocycles. The molecule has 11 rings (SSSR count). The van der Waals surface area contributed by atoms with Gasteiger partial charge in [0.15, 0.2) is 6.73 Å². The zero-order valence-electron chi connectivity index (χ0n) is 45.7. The average molecular weight is 1170 g/mol. The second-order valence-electron chi connectivity index (χ2n) is 19.1. The maximum Gasteiger partial charge on any atom is 0.272 e. The Hall–Kier alpha value is -9.94. The number of amides is 4. The minimum atomic E-state index is -0.445. The van der Waals surface area contributed by atoms with Crippen LogP contribution in [0.1, 0.15) is 64.2 Å². The molecule has 0 bridgehead atoms. The van der Waals surface area contributed by atoms with Gasteiger partial charge < -0.3 is 44.3 Å². The molecule has 0 unspecified atom stereocenters. The van der Waals surface area contributed by atoms with Crippen LogP contribution in [0.25, 0.3) is 44.6 Å². The molecule has 10 aromatic heterocycles. The van der Waals surface area contributed by atoms with Crippen molar-refractivity contribution in [2.24, 2.45) is 28.2 Å². The number of benzene rings is 1. The van der Waals surface area contributed by atoms with Crippen LogP contribution in [0.5, 0.6) is 5.75 Å². The third-order valence-corrected chi connectivity index (χ3v) is 12.7. The molecule has 0 aliphatic rings. The number of aromatic nitrogens is 10. The Morgan fingerprint density at radius 1 is 0.432 bits per heavy atom. The Balaban J connectivity index is 0.000000239. The molecule has 0 spiro atoms. The number of nitrogens with one attached hydrogen (secondary N) is 4. The summed E-state index contributed by atoms with van der Waals surface area (Å²) in [5.74, 6) is -1.02. The number of fused-ring (bicyclic) bond motifs is 3. The van der Waals surface area contributed by atoms with Gasteiger partial charge in [-0.05, 0) is 153 Å². The van der Waals surface area contributed by atoms with Crippen molar-refractivity contribution < 1.29 is 43.4 Å². The van der Waals surface area contributed by atoms with Crippen LogP contribution in [0.2, 0.25) is 0 Å². The molecule has 11 aromatic rings. The first-order valence-corrected chi connectivity index (χ1v) is 25.4. The standard InChI is InChI=1S/C37H34N10O5.2C12H12N2.Ru/c1-44-13-7-10-27(44)35(49)41-24-16-29(46(3)19-24)37(51)43-25-17-30(47(4)20-25)36(50)42-23-15-28(45(2)18-23)34(48)40-21-52-31-14-22-8-5-11-38-32(22)33-26(31)9-6-12-39-33;2*1-9-3-5-13-11(7-9)12-8-10(2)4-6-14-12;/h5-20H,21H2,1-4H3,(H,40,48)(H,41,49)(H,42,50)(H,43,51);2*3-8H,1-2H3;. The van der Waals surface area contributed by atoms with Gasteiger partial charge in [-0.15, -0.1) is 0 Å². The van der Waals surface area contributed by atoms with Crippen molar-refractivity contribution >= 4 is 62.5 Å². The van der Waals surface area contributed by atoms with E-state index in [1.54, 1.807) is 114 Å². The van der Waals surface area contributed by atoms with Crippen LogP contribution in [-0.2, 0) is 47.7 Å². The Morgan fingerprint density at radius 3 is 1.26 bits per heavy atom. The van der Waals surface area contributed by atoms with Gasteiger partial charge in [0, 0.05) is 120 Å². The second-order valence-corrected chi connectivity index (χ2v) is 19.1. The molecule has 0 saturated carbocycles. The van der Waals surface area contributed by atoms with Gasteiger partial charge in [0.05, 0.1) is 45.4 Å². The summed E-state index contributed by atoms with van der Waals surface area (Å²) in [5, 5.41) is 12.8. The molecule has 0 atom stereocenters. The summed E-state index contributed by atoms with van der Waals surface area (Å²) in [4.78, 5) is 78.2. The summed E-state index contributed by atoms with van der Waals surface area (Å²) in [6.07, 6.45) is 17.3. The van der Waals surface area contributed by atoms with Crippen LogP contribution in [0, 0.1) is 27.7 Å². The van der Waals surface area contributed by atoms with Crippen LogP contribution < -0.4 is 26.0 Å². The van der Waals surface area contributed by atoms with Gasteiger partial charge in [-0.2, -0.15) is 0 Å². The summed E-state index contributed by atoms with van der Waals surface area (Å²) in [5.41, 5.74) is 12.7. The first-order valence-electron chi connectivity index (χ1n) is 25.4. The van der Waals surface area contributed by atoms with E-state index in [0.717, 1.165) is 39.1 Å². The molecule has 19 nitrogen and oxygen atoms in total. The average Bonchev–Trinajstić information content (AvgIpc) is 4.32. The van der Waals surface area contributed by atoms with Crippen molar-refractivity contribution in [1.82, 2.24) is 53.5 Å². The first-order chi connectivity index (χ1) is 38.6. The molecule has 4 N–H and O–H groups in total. The fourth-order valence-electron chi connectivity index (χ4n) is 8.70. The zero-order valence-corrected chi connectivity index (χ0v) is 47.5. The van der Waals surface area contributed by atoms with Crippen LogP contribution in [-0.4, -0.2) is 78.5 Å². The minimum absolute atomic E-state index is 0. The molecule has 10 heterocycles. The third-order valence-electron chi connectivity index (χ3n) is 12.7. The van der Waals surface area contributed by atoms with Crippen molar-refractivity contribution in [3.8, 4) is 28.5 Å². The normalized spacial score (nSPS) is 10.6. The molecule has 0 radical (unpaired) electrons. The fourth-order valence-corrected chi connectivity index (χ4v) is 8.70. The van der Waals surface area contributed by atoms with Gasteiger partial charge in [0.2, 0.25) is 0 Å². The van der Waals surface area contributed by atoms with E-state index in [4.69, 9.17) is 4.74 Å². The fraction of sp³-hybridized carbons (Fsp3) is 0.148. The maximum atomic E-state index is 13.3. The maximum absolute atomic E-state index is 13.3. The molecule has 410 valence electrons. The van der Waals surface area contributed by atoms with E-state index in [-0.39, 0.29) is 37.8 Å². The van der Waals surface area contributed by atoms with Crippen LogP contribution in [0.15, 0.2) is 171 Å². The van der Waals surface area contributed by atoms with E-state index in [1.165, 1.54) is 22.3 Å². The van der Waals surface area contributed by atoms with Crippen molar-refractivity contribution in [2.45, 2.75) is 27.7 Å². The summed E-state index contributed by atoms with van der Waals surface area (Å²) >= 11 is 0. The monoisotopic (exact) mass is 1170 g/mol. The number of hydrogen-bond donors (Lipinski definition) is 4. The van der Waals surface area contributed by atoms with E-state index in [1.807, 2.05) is 104 Å². The van der Waals surface area contributed by atoms with Crippen LogP contribution >= 0.6 is 0 Å². The van der Waals surface area contributed by atoms with E-state index >= 15 is 0 Å². The molecule has 81 heavy (non-hydrogen) atoms. The van der Waals surface area contributed by atoms with Gasteiger partial charge in [0.25, 0.3) is 23.6 Å². The summed E-state index contributed by atoms with van der Waals surface area (Å²) in [6.45, 7) is 8.12. The number of rotatable bonds is 12. The molecule has 0 aliphatic heterocycles. The topological polar surface area (TPSA) is 223 Å². The molecule has 20 heteroatoms. The van der Waals surface area contributed by atoms with Gasteiger partial charge in [-0.3, -0.25) is 49.1 Å². The number of pyridine rings is 6. The number of carbonyl (C=O) groups excluding carboxylic acids is 4. The van der Waals surface area contributed by atoms with Gasteiger partial charge in [-0.25, -0.2) is 0 Å². The molecule has 4 amide bonds. The molecule has 1 aromatic carbocycles. The van der Waals surface area contributed by atoms with Crippen LogP contribution in [0.3, 0.4) is 0 Å². The van der Waals surface area contributed by atoms with Gasteiger partial charge >= 0.3 is 0 Å². The van der Waals surface area contributed by atoms with Crippen molar-refractivity contribution in [3.63, 3.8) is 0 Å². The Kier molecular flexibility index (Phi) is 18.2. The predicted molar refractivity (Wildman–Crippen MR) is 309 cm³/mol. The zero-order chi connectivity index (χ0) is 56.5. The van der Waals surface area contributed by atoms with Crippen molar-refractivity contribution in [1.29, 1.82) is 0 Å². The second kappa shape index (κ2) is 25.7.